The largest absolute Gasteiger partial charge is 0.444 e. The van der Waals surface area contributed by atoms with E-state index in [0.717, 1.165) is 25.9 Å². The summed E-state index contributed by atoms with van der Waals surface area (Å²) < 4.78 is 8.75. The summed E-state index contributed by atoms with van der Waals surface area (Å²) in [4.78, 5) is 14.0. The Labute approximate surface area is 139 Å². The normalized spacial score (nSPS) is 28.8. The van der Waals surface area contributed by atoms with Crippen molar-refractivity contribution in [3.8, 4) is 0 Å². The van der Waals surface area contributed by atoms with Crippen LogP contribution in [-0.2, 0) is 4.74 Å². The highest BCUT2D eigenvalue weighted by atomic mass is 127. The molecular formula is C15H22IN3O2. The fraction of sp³-hybridized carbons (Fsp3) is 0.733. The molecular weight excluding hydrogens is 381 g/mol. The maximum atomic E-state index is 12.1. The third-order valence-electron chi connectivity index (χ3n) is 4.32. The minimum Gasteiger partial charge on any atom is -0.444 e. The predicted octanol–water partition coefficient (Wildman–Crippen LogP) is 3.31. The van der Waals surface area contributed by atoms with Crippen molar-refractivity contribution in [1.82, 2.24) is 14.7 Å². The monoisotopic (exact) mass is 403 g/mol. The van der Waals surface area contributed by atoms with Crippen LogP contribution in [0.4, 0.5) is 4.79 Å². The molecule has 6 heteroatoms. The first kappa shape index (κ1) is 15.1. The Morgan fingerprint density at radius 1 is 1.33 bits per heavy atom. The predicted molar refractivity (Wildman–Crippen MR) is 88.0 cm³/mol. The summed E-state index contributed by atoms with van der Waals surface area (Å²) >= 11 is 2.29. The number of carbonyl (C=O) groups is 1. The minimum absolute atomic E-state index is 0.165. The first-order chi connectivity index (χ1) is 9.82. The zero-order valence-electron chi connectivity index (χ0n) is 12.8. The van der Waals surface area contributed by atoms with Crippen LogP contribution in [0.1, 0.15) is 39.7 Å². The van der Waals surface area contributed by atoms with Crippen LogP contribution in [0.25, 0.3) is 0 Å². The summed E-state index contributed by atoms with van der Waals surface area (Å²) in [5.41, 5.74) is -0.414. The molecule has 1 unspecified atom stereocenters. The van der Waals surface area contributed by atoms with Crippen LogP contribution in [0.5, 0.6) is 0 Å². The maximum absolute atomic E-state index is 12.1. The number of nitrogens with zero attached hydrogens (tertiary/aromatic N) is 3. The molecule has 0 aromatic carbocycles. The number of fused-ring (bicyclic) bond motifs is 1. The first-order valence-electron chi connectivity index (χ1n) is 7.49. The molecule has 5 nitrogen and oxygen atoms in total. The van der Waals surface area contributed by atoms with Crippen molar-refractivity contribution in [3.05, 3.63) is 16.0 Å². The lowest BCUT2D eigenvalue weighted by Gasteiger charge is -2.25. The molecule has 2 aliphatic rings. The van der Waals surface area contributed by atoms with Gasteiger partial charge in [0, 0.05) is 19.3 Å². The maximum Gasteiger partial charge on any atom is 0.410 e. The Kier molecular flexibility index (Phi) is 3.92. The molecule has 1 saturated heterocycles. The number of rotatable bonds is 1. The van der Waals surface area contributed by atoms with E-state index < -0.39 is 5.60 Å². The van der Waals surface area contributed by atoms with E-state index in [1.165, 1.54) is 3.57 Å². The third-order valence-corrected chi connectivity index (χ3v) is 4.88. The molecule has 1 saturated carbocycles. The number of likely N-dealkylation sites (tertiary alicyclic amines) is 1. The zero-order chi connectivity index (χ0) is 15.2. The van der Waals surface area contributed by atoms with Crippen molar-refractivity contribution in [2.24, 2.45) is 11.8 Å². The Morgan fingerprint density at radius 3 is 2.43 bits per heavy atom. The van der Waals surface area contributed by atoms with Gasteiger partial charge in [0.05, 0.1) is 15.8 Å². The van der Waals surface area contributed by atoms with Crippen molar-refractivity contribution in [3.63, 3.8) is 0 Å². The molecule has 1 aliphatic heterocycles. The summed E-state index contributed by atoms with van der Waals surface area (Å²) in [6.07, 6.45) is 6.07. The van der Waals surface area contributed by atoms with E-state index >= 15 is 0 Å². The van der Waals surface area contributed by atoms with E-state index in [2.05, 4.69) is 38.6 Å². The molecule has 3 rings (SSSR count). The van der Waals surface area contributed by atoms with Crippen LogP contribution in [-0.4, -0.2) is 39.5 Å². The molecule has 1 aromatic rings. The Morgan fingerprint density at radius 2 is 1.95 bits per heavy atom. The van der Waals surface area contributed by atoms with E-state index in [1.807, 2.05) is 31.9 Å². The van der Waals surface area contributed by atoms with Gasteiger partial charge in [-0.25, -0.2) is 4.79 Å². The lowest BCUT2D eigenvalue weighted by Crippen LogP contribution is -2.36. The topological polar surface area (TPSA) is 47.4 Å². The highest BCUT2D eigenvalue weighted by molar-refractivity contribution is 14.1. The van der Waals surface area contributed by atoms with E-state index in [-0.39, 0.29) is 6.09 Å². The van der Waals surface area contributed by atoms with Crippen LogP contribution in [0.2, 0.25) is 0 Å². The fourth-order valence-electron chi connectivity index (χ4n) is 3.47. The Hall–Kier alpha value is -0.790. The third kappa shape index (κ3) is 3.35. The van der Waals surface area contributed by atoms with Crippen molar-refractivity contribution >= 4 is 28.7 Å². The van der Waals surface area contributed by atoms with Gasteiger partial charge >= 0.3 is 6.09 Å². The van der Waals surface area contributed by atoms with Crippen LogP contribution >= 0.6 is 22.6 Å². The minimum atomic E-state index is -0.414. The summed E-state index contributed by atoms with van der Waals surface area (Å²) in [5.74, 6) is 1.17. The second kappa shape index (κ2) is 5.44. The number of carbonyl (C=O) groups excluding carboxylic acids is 1. The lowest BCUT2D eigenvalue weighted by molar-refractivity contribution is 0.0277. The van der Waals surface area contributed by atoms with Gasteiger partial charge in [0.2, 0.25) is 0 Å². The quantitative estimate of drug-likeness (QED) is 0.677. The van der Waals surface area contributed by atoms with Crippen LogP contribution < -0.4 is 0 Å². The van der Waals surface area contributed by atoms with Crippen molar-refractivity contribution in [1.29, 1.82) is 0 Å². The molecule has 2 fully saturated rings. The first-order valence-corrected chi connectivity index (χ1v) is 8.57. The smallest absolute Gasteiger partial charge is 0.410 e. The van der Waals surface area contributed by atoms with Gasteiger partial charge in [-0.05, 0) is 68.0 Å². The average Bonchev–Trinajstić information content (AvgIpc) is 2.98. The number of hydrogen-bond donors (Lipinski definition) is 0. The van der Waals surface area contributed by atoms with Gasteiger partial charge in [0.25, 0.3) is 0 Å². The van der Waals surface area contributed by atoms with Crippen LogP contribution in [0.3, 0.4) is 0 Å². The van der Waals surface area contributed by atoms with Gasteiger partial charge in [-0.2, -0.15) is 5.10 Å². The van der Waals surface area contributed by atoms with E-state index in [9.17, 15) is 4.79 Å². The second-order valence-corrected chi connectivity index (χ2v) is 8.41. The molecule has 116 valence electrons. The van der Waals surface area contributed by atoms with Gasteiger partial charge in [0.1, 0.15) is 5.60 Å². The fourth-order valence-corrected chi connectivity index (χ4v) is 3.88. The number of ether oxygens (including phenoxy) is 1. The Bertz CT molecular complexity index is 523. The van der Waals surface area contributed by atoms with Crippen LogP contribution in [0, 0.1) is 15.4 Å². The van der Waals surface area contributed by atoms with E-state index in [1.54, 1.807) is 0 Å². The molecule has 1 amide bonds. The number of hydrogen-bond acceptors (Lipinski definition) is 3. The molecule has 2 heterocycles. The van der Waals surface area contributed by atoms with Gasteiger partial charge in [-0.3, -0.25) is 4.68 Å². The van der Waals surface area contributed by atoms with Gasteiger partial charge in [-0.15, -0.1) is 0 Å². The molecule has 3 atom stereocenters. The number of amides is 1. The zero-order valence-corrected chi connectivity index (χ0v) is 14.9. The van der Waals surface area contributed by atoms with E-state index in [0.29, 0.717) is 17.9 Å². The highest BCUT2D eigenvalue weighted by Crippen LogP contribution is 2.43. The molecule has 21 heavy (non-hydrogen) atoms. The molecule has 0 bridgehead atoms. The van der Waals surface area contributed by atoms with E-state index in [4.69, 9.17) is 4.74 Å². The van der Waals surface area contributed by atoms with Gasteiger partial charge in [-0.1, -0.05) is 0 Å². The number of halogens is 1. The highest BCUT2D eigenvalue weighted by Gasteiger charge is 2.44. The summed E-state index contributed by atoms with van der Waals surface area (Å²) in [5, 5.41) is 4.43. The summed E-state index contributed by atoms with van der Waals surface area (Å²) in [7, 11) is 0. The van der Waals surface area contributed by atoms with Gasteiger partial charge in [0.15, 0.2) is 0 Å². The standard InChI is InChI=1S/C15H22IN3O2/c1-15(2,3)21-14(20)18-7-10-4-13(5-11(10)8-18)19-9-12(16)6-17-19/h6,9-11,13H,4-5,7-8H2,1-3H3/t10-,11+,13?. The number of aromatic nitrogens is 2. The average molecular weight is 403 g/mol. The molecule has 1 aromatic heterocycles. The molecule has 0 spiro atoms. The van der Waals surface area contributed by atoms with Crippen molar-refractivity contribution in [2.45, 2.75) is 45.3 Å². The molecule has 0 N–H and O–H groups in total. The molecule has 0 radical (unpaired) electrons. The molecule has 1 aliphatic carbocycles. The lowest BCUT2D eigenvalue weighted by atomic mass is 10.0. The Balaban J connectivity index is 1.58. The van der Waals surface area contributed by atoms with Crippen molar-refractivity contribution in [2.75, 3.05) is 13.1 Å². The van der Waals surface area contributed by atoms with Gasteiger partial charge < -0.3 is 9.64 Å². The van der Waals surface area contributed by atoms with Crippen molar-refractivity contribution < 1.29 is 9.53 Å². The summed E-state index contributed by atoms with van der Waals surface area (Å²) in [6.45, 7) is 7.40. The second-order valence-electron chi connectivity index (χ2n) is 7.17. The SMILES string of the molecule is CC(C)(C)OC(=O)N1C[C@H]2CC(n3cc(I)cn3)C[C@H]2C1. The van der Waals surface area contributed by atoms with Crippen LogP contribution in [0.15, 0.2) is 12.4 Å². The summed E-state index contributed by atoms with van der Waals surface area (Å²) in [6, 6.07) is 0.490.